The zero-order valence-corrected chi connectivity index (χ0v) is 11.0. The minimum Gasteiger partial charge on any atom is -0.389 e. The van der Waals surface area contributed by atoms with E-state index in [1.807, 2.05) is 35.2 Å². The van der Waals surface area contributed by atoms with Crippen molar-refractivity contribution in [3.63, 3.8) is 0 Å². The van der Waals surface area contributed by atoms with Crippen LogP contribution in [0.4, 0.5) is 0 Å². The summed E-state index contributed by atoms with van der Waals surface area (Å²) in [5.41, 5.74) is 1.15. The van der Waals surface area contributed by atoms with Gasteiger partial charge in [0.15, 0.2) is 0 Å². The van der Waals surface area contributed by atoms with E-state index in [2.05, 4.69) is 5.32 Å². The van der Waals surface area contributed by atoms with Gasteiger partial charge < -0.3 is 15.5 Å². The lowest BCUT2D eigenvalue weighted by molar-refractivity contribution is -0.123. The second kappa shape index (κ2) is 6.14. The zero-order chi connectivity index (χ0) is 13.8. The minimum absolute atomic E-state index is 0.196. The lowest BCUT2D eigenvalue weighted by atomic mass is 9.98. The van der Waals surface area contributed by atoms with Gasteiger partial charge in [0.25, 0.3) is 0 Å². The number of β-amino-alcohol motifs (C(OH)–C–C–N with tert-alkyl or cyclic N) is 1. The van der Waals surface area contributed by atoms with Crippen molar-refractivity contribution in [2.45, 2.75) is 31.7 Å². The van der Waals surface area contributed by atoms with Gasteiger partial charge in [-0.05, 0) is 5.56 Å². The molecule has 0 spiro atoms. The SMILES string of the molecule is CC(=O)N[C@H]1CN(Cc2ccccc2)C[C@@H](O)[C@@H]1O. The molecule has 0 bridgehead atoms. The van der Waals surface area contributed by atoms with Gasteiger partial charge in [-0.25, -0.2) is 0 Å². The number of carbonyl (C=O) groups excluding carboxylic acids is 1. The van der Waals surface area contributed by atoms with Crippen molar-refractivity contribution >= 4 is 5.91 Å². The van der Waals surface area contributed by atoms with E-state index in [0.717, 1.165) is 5.56 Å². The van der Waals surface area contributed by atoms with E-state index in [1.165, 1.54) is 6.92 Å². The number of aliphatic hydroxyl groups is 2. The highest BCUT2D eigenvalue weighted by Crippen LogP contribution is 2.15. The van der Waals surface area contributed by atoms with Gasteiger partial charge in [0.2, 0.25) is 5.91 Å². The Kier molecular flexibility index (Phi) is 4.52. The number of benzene rings is 1. The predicted octanol–water partition coefficient (Wildman–Crippen LogP) is -0.271. The quantitative estimate of drug-likeness (QED) is 0.702. The summed E-state index contributed by atoms with van der Waals surface area (Å²) in [5.74, 6) is -0.196. The van der Waals surface area contributed by atoms with E-state index in [0.29, 0.717) is 19.6 Å². The number of hydrogen-bond acceptors (Lipinski definition) is 4. The molecule has 3 N–H and O–H groups in total. The Labute approximate surface area is 112 Å². The van der Waals surface area contributed by atoms with E-state index in [1.54, 1.807) is 0 Å². The van der Waals surface area contributed by atoms with Crippen LogP contribution in [0.1, 0.15) is 12.5 Å². The molecule has 0 aliphatic carbocycles. The fraction of sp³-hybridized carbons (Fsp3) is 0.500. The first-order chi connectivity index (χ1) is 9.06. The molecule has 19 heavy (non-hydrogen) atoms. The largest absolute Gasteiger partial charge is 0.389 e. The fourth-order valence-electron chi connectivity index (χ4n) is 2.46. The number of hydrogen-bond donors (Lipinski definition) is 3. The molecule has 1 heterocycles. The highest BCUT2D eigenvalue weighted by atomic mass is 16.3. The molecule has 1 saturated heterocycles. The molecule has 0 unspecified atom stereocenters. The average molecular weight is 264 g/mol. The Morgan fingerprint density at radius 3 is 2.63 bits per heavy atom. The van der Waals surface area contributed by atoms with E-state index in [-0.39, 0.29) is 5.91 Å². The Morgan fingerprint density at radius 2 is 2.00 bits per heavy atom. The van der Waals surface area contributed by atoms with Crippen molar-refractivity contribution < 1.29 is 15.0 Å². The Hall–Kier alpha value is -1.43. The van der Waals surface area contributed by atoms with Crippen LogP contribution in [0.15, 0.2) is 30.3 Å². The first-order valence-corrected chi connectivity index (χ1v) is 6.46. The third kappa shape index (κ3) is 3.76. The molecule has 0 saturated carbocycles. The number of amides is 1. The van der Waals surface area contributed by atoms with Gasteiger partial charge in [0, 0.05) is 26.6 Å². The Morgan fingerprint density at radius 1 is 1.32 bits per heavy atom. The summed E-state index contributed by atoms with van der Waals surface area (Å²) < 4.78 is 0. The minimum atomic E-state index is -0.907. The average Bonchev–Trinajstić information content (AvgIpc) is 2.36. The Balaban J connectivity index is 2.00. The molecule has 2 rings (SSSR count). The number of carbonyl (C=O) groups is 1. The Bertz CT molecular complexity index is 424. The fourth-order valence-corrected chi connectivity index (χ4v) is 2.46. The number of nitrogens with zero attached hydrogens (tertiary/aromatic N) is 1. The van der Waals surface area contributed by atoms with Crippen molar-refractivity contribution in [1.82, 2.24) is 10.2 Å². The first kappa shape index (κ1) is 14.0. The van der Waals surface area contributed by atoms with Gasteiger partial charge in [0.1, 0.15) is 6.10 Å². The van der Waals surface area contributed by atoms with Gasteiger partial charge in [0.05, 0.1) is 12.1 Å². The van der Waals surface area contributed by atoms with Gasteiger partial charge in [-0.2, -0.15) is 0 Å². The van der Waals surface area contributed by atoms with Crippen molar-refractivity contribution in [1.29, 1.82) is 0 Å². The van der Waals surface area contributed by atoms with Crippen molar-refractivity contribution in [2.75, 3.05) is 13.1 Å². The molecule has 1 amide bonds. The molecule has 104 valence electrons. The highest BCUT2D eigenvalue weighted by Gasteiger charge is 2.34. The zero-order valence-electron chi connectivity index (χ0n) is 11.0. The maximum absolute atomic E-state index is 11.1. The summed E-state index contributed by atoms with van der Waals surface area (Å²) >= 11 is 0. The van der Waals surface area contributed by atoms with Crippen LogP contribution < -0.4 is 5.32 Å². The van der Waals surface area contributed by atoms with Crippen LogP contribution in [0, 0.1) is 0 Å². The van der Waals surface area contributed by atoms with Crippen LogP contribution in [-0.4, -0.2) is 52.4 Å². The normalized spacial score (nSPS) is 28.1. The first-order valence-electron chi connectivity index (χ1n) is 6.46. The second-order valence-electron chi connectivity index (χ2n) is 5.04. The number of piperidine rings is 1. The van der Waals surface area contributed by atoms with Crippen LogP contribution >= 0.6 is 0 Å². The molecule has 5 nitrogen and oxygen atoms in total. The maximum atomic E-state index is 11.1. The monoisotopic (exact) mass is 264 g/mol. The molecule has 1 aliphatic rings. The van der Waals surface area contributed by atoms with Gasteiger partial charge >= 0.3 is 0 Å². The standard InChI is InChI=1S/C14H20N2O3/c1-10(17)15-12-8-16(9-13(18)14(12)19)7-11-5-3-2-4-6-11/h2-6,12-14,18-19H,7-9H2,1H3,(H,15,17)/t12-,13+,14+/m0/s1. The lowest BCUT2D eigenvalue weighted by Gasteiger charge is -2.39. The molecular formula is C14H20N2O3. The molecule has 1 aromatic rings. The van der Waals surface area contributed by atoms with Crippen LogP contribution in [0.2, 0.25) is 0 Å². The summed E-state index contributed by atoms with van der Waals surface area (Å²) in [4.78, 5) is 13.1. The molecule has 0 radical (unpaired) electrons. The summed E-state index contributed by atoms with van der Waals surface area (Å²) in [5, 5.41) is 22.4. The van der Waals surface area contributed by atoms with Gasteiger partial charge in [-0.15, -0.1) is 0 Å². The van der Waals surface area contributed by atoms with Crippen LogP contribution in [0.5, 0.6) is 0 Å². The molecule has 1 aromatic carbocycles. The number of likely N-dealkylation sites (tertiary alicyclic amines) is 1. The molecule has 1 aliphatic heterocycles. The molecular weight excluding hydrogens is 244 g/mol. The third-order valence-corrected chi connectivity index (χ3v) is 3.34. The highest BCUT2D eigenvalue weighted by molar-refractivity contribution is 5.73. The molecule has 1 fully saturated rings. The topological polar surface area (TPSA) is 72.8 Å². The van der Waals surface area contributed by atoms with Crippen molar-refractivity contribution in [2.24, 2.45) is 0 Å². The summed E-state index contributed by atoms with van der Waals surface area (Å²) in [6.45, 7) is 3.05. The maximum Gasteiger partial charge on any atom is 0.217 e. The summed E-state index contributed by atoms with van der Waals surface area (Å²) in [7, 11) is 0. The van der Waals surface area contributed by atoms with Crippen molar-refractivity contribution in [3.05, 3.63) is 35.9 Å². The van der Waals surface area contributed by atoms with Gasteiger partial charge in [-0.3, -0.25) is 9.69 Å². The molecule has 5 heteroatoms. The van der Waals surface area contributed by atoms with Crippen LogP contribution in [0.25, 0.3) is 0 Å². The summed E-state index contributed by atoms with van der Waals surface area (Å²) in [6.07, 6.45) is -1.75. The lowest BCUT2D eigenvalue weighted by Crippen LogP contribution is -2.60. The van der Waals surface area contributed by atoms with Crippen molar-refractivity contribution in [3.8, 4) is 0 Å². The van der Waals surface area contributed by atoms with Crippen LogP contribution in [0.3, 0.4) is 0 Å². The van der Waals surface area contributed by atoms with E-state index in [9.17, 15) is 15.0 Å². The predicted molar refractivity (Wildman–Crippen MR) is 71.3 cm³/mol. The van der Waals surface area contributed by atoms with Crippen LogP contribution in [-0.2, 0) is 11.3 Å². The third-order valence-electron chi connectivity index (χ3n) is 3.34. The number of aliphatic hydroxyl groups excluding tert-OH is 2. The van der Waals surface area contributed by atoms with Gasteiger partial charge in [-0.1, -0.05) is 30.3 Å². The molecule has 0 aromatic heterocycles. The van der Waals surface area contributed by atoms with E-state index < -0.39 is 18.2 Å². The smallest absolute Gasteiger partial charge is 0.217 e. The summed E-state index contributed by atoms with van der Waals surface area (Å²) in [6, 6.07) is 9.50. The second-order valence-corrected chi connectivity index (χ2v) is 5.04. The number of nitrogens with one attached hydrogen (secondary N) is 1. The number of rotatable bonds is 3. The van der Waals surface area contributed by atoms with E-state index >= 15 is 0 Å². The molecule has 3 atom stereocenters. The van der Waals surface area contributed by atoms with E-state index in [4.69, 9.17) is 0 Å².